The standard InChI is InChI=1S/C19H21N5O2S/c1-13-6-5-9-23(11-13)16(25)12-27-19-21-17-15(18(26)22-19)10-20-24(17)14-7-3-2-4-8-14/h2-4,7-8,10,13H,5-6,9,11-12H2,1H3,(H,21,22,26). The molecule has 1 unspecified atom stereocenters. The molecule has 0 saturated carbocycles. The highest BCUT2D eigenvalue weighted by Crippen LogP contribution is 2.20. The summed E-state index contributed by atoms with van der Waals surface area (Å²) in [5, 5.41) is 5.16. The molecule has 1 aromatic carbocycles. The lowest BCUT2D eigenvalue weighted by Gasteiger charge is -2.30. The van der Waals surface area contributed by atoms with Gasteiger partial charge in [-0.3, -0.25) is 9.59 Å². The topological polar surface area (TPSA) is 83.9 Å². The number of benzene rings is 1. The number of carbonyl (C=O) groups is 1. The van der Waals surface area contributed by atoms with Crippen molar-refractivity contribution in [3.8, 4) is 5.69 Å². The lowest BCUT2D eigenvalue weighted by molar-refractivity contribution is -0.130. The van der Waals surface area contributed by atoms with Crippen LogP contribution in [0, 0.1) is 5.92 Å². The number of nitrogens with one attached hydrogen (secondary N) is 1. The van der Waals surface area contributed by atoms with E-state index in [4.69, 9.17) is 0 Å². The molecule has 0 bridgehead atoms. The zero-order chi connectivity index (χ0) is 18.8. The molecule has 8 heteroatoms. The van der Waals surface area contributed by atoms with Crippen LogP contribution in [0.4, 0.5) is 0 Å². The number of aromatic amines is 1. The lowest BCUT2D eigenvalue weighted by Crippen LogP contribution is -2.40. The number of rotatable bonds is 4. The molecule has 1 atom stereocenters. The van der Waals surface area contributed by atoms with Gasteiger partial charge in [-0.15, -0.1) is 0 Å². The van der Waals surface area contributed by atoms with E-state index >= 15 is 0 Å². The van der Waals surface area contributed by atoms with Crippen molar-refractivity contribution in [3.05, 3.63) is 46.9 Å². The van der Waals surface area contributed by atoms with Gasteiger partial charge in [0.1, 0.15) is 5.39 Å². The van der Waals surface area contributed by atoms with Gasteiger partial charge in [-0.25, -0.2) is 9.67 Å². The molecule has 0 radical (unpaired) electrons. The minimum Gasteiger partial charge on any atom is -0.342 e. The van der Waals surface area contributed by atoms with Gasteiger partial charge in [-0.2, -0.15) is 5.10 Å². The van der Waals surface area contributed by atoms with E-state index in [-0.39, 0.29) is 17.2 Å². The van der Waals surface area contributed by atoms with Gasteiger partial charge in [0.05, 0.1) is 17.6 Å². The van der Waals surface area contributed by atoms with Crippen LogP contribution in [0.25, 0.3) is 16.7 Å². The summed E-state index contributed by atoms with van der Waals surface area (Å²) in [5.41, 5.74) is 1.08. The maximum Gasteiger partial charge on any atom is 0.262 e. The average molecular weight is 383 g/mol. The fraction of sp³-hybridized carbons (Fsp3) is 0.368. The number of aromatic nitrogens is 4. The van der Waals surface area contributed by atoms with Crippen LogP contribution in [0.15, 0.2) is 46.5 Å². The second kappa shape index (κ2) is 7.56. The number of nitrogens with zero attached hydrogens (tertiary/aromatic N) is 4. The predicted molar refractivity (Wildman–Crippen MR) is 105 cm³/mol. The molecule has 27 heavy (non-hydrogen) atoms. The van der Waals surface area contributed by atoms with Gasteiger partial charge < -0.3 is 9.88 Å². The molecular formula is C19H21N5O2S. The number of hydrogen-bond acceptors (Lipinski definition) is 5. The maximum atomic E-state index is 12.5. The van der Waals surface area contributed by atoms with E-state index in [9.17, 15) is 9.59 Å². The lowest BCUT2D eigenvalue weighted by atomic mass is 10.0. The molecule has 3 aromatic rings. The minimum atomic E-state index is -0.247. The van der Waals surface area contributed by atoms with Gasteiger partial charge in [0.15, 0.2) is 10.8 Å². The van der Waals surface area contributed by atoms with Crippen molar-refractivity contribution in [2.45, 2.75) is 24.9 Å². The van der Waals surface area contributed by atoms with Crippen molar-refractivity contribution < 1.29 is 4.79 Å². The highest BCUT2D eigenvalue weighted by atomic mass is 32.2. The van der Waals surface area contributed by atoms with Crippen LogP contribution in [0.5, 0.6) is 0 Å². The van der Waals surface area contributed by atoms with E-state index in [1.807, 2.05) is 35.2 Å². The Labute approximate surface area is 160 Å². The monoisotopic (exact) mass is 383 g/mol. The number of likely N-dealkylation sites (tertiary alicyclic amines) is 1. The van der Waals surface area contributed by atoms with E-state index in [0.717, 1.165) is 25.2 Å². The summed E-state index contributed by atoms with van der Waals surface area (Å²) in [6.07, 6.45) is 3.74. The van der Waals surface area contributed by atoms with Crippen LogP contribution in [0.2, 0.25) is 0 Å². The normalized spacial score (nSPS) is 17.4. The Hall–Kier alpha value is -2.61. The van der Waals surface area contributed by atoms with Crippen molar-refractivity contribution in [2.75, 3.05) is 18.8 Å². The molecule has 1 fully saturated rings. The molecule has 1 aliphatic heterocycles. The first-order valence-electron chi connectivity index (χ1n) is 9.06. The molecule has 0 aliphatic carbocycles. The van der Waals surface area contributed by atoms with Crippen LogP contribution < -0.4 is 5.56 Å². The molecule has 1 N–H and O–H groups in total. The molecule has 3 heterocycles. The van der Waals surface area contributed by atoms with Crippen molar-refractivity contribution in [1.29, 1.82) is 0 Å². The fourth-order valence-electron chi connectivity index (χ4n) is 3.36. The van der Waals surface area contributed by atoms with Crippen LogP contribution in [-0.4, -0.2) is 49.4 Å². The first kappa shape index (κ1) is 17.8. The molecule has 1 saturated heterocycles. The number of thioether (sulfide) groups is 1. The number of piperidine rings is 1. The third-order valence-electron chi connectivity index (χ3n) is 4.76. The first-order chi connectivity index (χ1) is 13.1. The van der Waals surface area contributed by atoms with Gasteiger partial charge in [0.25, 0.3) is 5.56 Å². The molecule has 140 valence electrons. The molecule has 4 rings (SSSR count). The van der Waals surface area contributed by atoms with E-state index in [2.05, 4.69) is 22.0 Å². The minimum absolute atomic E-state index is 0.0888. The Balaban J connectivity index is 1.56. The van der Waals surface area contributed by atoms with Crippen molar-refractivity contribution in [1.82, 2.24) is 24.6 Å². The van der Waals surface area contributed by atoms with Crippen LogP contribution in [-0.2, 0) is 4.79 Å². The number of para-hydroxylation sites is 1. The second-order valence-electron chi connectivity index (χ2n) is 6.88. The zero-order valence-corrected chi connectivity index (χ0v) is 15.9. The number of fused-ring (bicyclic) bond motifs is 1. The van der Waals surface area contributed by atoms with Crippen molar-refractivity contribution >= 4 is 28.7 Å². The zero-order valence-electron chi connectivity index (χ0n) is 15.1. The van der Waals surface area contributed by atoms with Gasteiger partial charge in [0, 0.05) is 13.1 Å². The van der Waals surface area contributed by atoms with Crippen LogP contribution in [0.1, 0.15) is 19.8 Å². The Morgan fingerprint density at radius 1 is 1.33 bits per heavy atom. The smallest absolute Gasteiger partial charge is 0.262 e. The third-order valence-corrected chi connectivity index (χ3v) is 5.62. The summed E-state index contributed by atoms with van der Waals surface area (Å²) in [6.45, 7) is 3.79. The number of hydrogen-bond donors (Lipinski definition) is 1. The van der Waals surface area contributed by atoms with Crippen molar-refractivity contribution in [3.63, 3.8) is 0 Å². The quantitative estimate of drug-likeness (QED) is 0.553. The molecule has 1 aliphatic rings. The maximum absolute atomic E-state index is 12.5. The first-order valence-corrected chi connectivity index (χ1v) is 10.0. The largest absolute Gasteiger partial charge is 0.342 e. The van der Waals surface area contributed by atoms with Crippen molar-refractivity contribution in [2.24, 2.45) is 5.92 Å². The second-order valence-corrected chi connectivity index (χ2v) is 7.84. The summed E-state index contributed by atoms with van der Waals surface area (Å²) in [6, 6.07) is 9.55. The number of amides is 1. The number of H-pyrrole nitrogens is 1. The Kier molecular flexibility index (Phi) is 4.98. The van der Waals surface area contributed by atoms with E-state index in [1.165, 1.54) is 24.4 Å². The summed E-state index contributed by atoms with van der Waals surface area (Å²) >= 11 is 1.26. The summed E-state index contributed by atoms with van der Waals surface area (Å²) in [4.78, 5) is 34.1. The molecule has 1 amide bonds. The summed E-state index contributed by atoms with van der Waals surface area (Å²) in [5.74, 6) is 0.897. The summed E-state index contributed by atoms with van der Waals surface area (Å²) < 4.78 is 1.64. The van der Waals surface area contributed by atoms with Crippen LogP contribution in [0.3, 0.4) is 0 Å². The third kappa shape index (κ3) is 3.75. The Morgan fingerprint density at radius 3 is 2.93 bits per heavy atom. The average Bonchev–Trinajstić information content (AvgIpc) is 3.11. The van der Waals surface area contributed by atoms with Gasteiger partial charge in [-0.05, 0) is 30.9 Å². The van der Waals surface area contributed by atoms with Gasteiger partial charge in [-0.1, -0.05) is 36.9 Å². The molecule has 7 nitrogen and oxygen atoms in total. The van der Waals surface area contributed by atoms with E-state index in [1.54, 1.807) is 4.68 Å². The molecule has 2 aromatic heterocycles. The fourth-order valence-corrected chi connectivity index (χ4v) is 4.12. The summed E-state index contributed by atoms with van der Waals surface area (Å²) in [7, 11) is 0. The van der Waals surface area contributed by atoms with E-state index in [0.29, 0.717) is 22.1 Å². The number of carbonyl (C=O) groups excluding carboxylic acids is 1. The van der Waals surface area contributed by atoms with Gasteiger partial charge in [0.2, 0.25) is 5.91 Å². The van der Waals surface area contributed by atoms with Gasteiger partial charge >= 0.3 is 0 Å². The molecular weight excluding hydrogens is 362 g/mol. The highest BCUT2D eigenvalue weighted by Gasteiger charge is 2.21. The van der Waals surface area contributed by atoms with Crippen LogP contribution >= 0.6 is 11.8 Å². The highest BCUT2D eigenvalue weighted by molar-refractivity contribution is 7.99. The Bertz CT molecular complexity index is 1010. The Morgan fingerprint density at radius 2 is 2.15 bits per heavy atom. The molecule has 0 spiro atoms. The SMILES string of the molecule is CC1CCCN(C(=O)CSc2nc3c(cnn3-c3ccccc3)c(=O)[nH]2)C1. The predicted octanol–water partition coefficient (Wildman–Crippen LogP) is 2.46. The van der Waals surface area contributed by atoms with E-state index < -0.39 is 0 Å².